The van der Waals surface area contributed by atoms with Gasteiger partial charge in [-0.15, -0.1) is 0 Å². The molecule has 0 fully saturated rings. The molecule has 0 bridgehead atoms. The van der Waals surface area contributed by atoms with Gasteiger partial charge < -0.3 is 19.7 Å². The number of hydrogen-bond acceptors (Lipinski definition) is 6. The van der Waals surface area contributed by atoms with Crippen molar-refractivity contribution in [3.05, 3.63) is 76.6 Å². The highest BCUT2D eigenvalue weighted by Crippen LogP contribution is 2.39. The average Bonchev–Trinajstić information content (AvgIpc) is 2.77. The Balaban J connectivity index is 1.87. The van der Waals surface area contributed by atoms with E-state index < -0.39 is 40.6 Å². The number of benzene rings is 2. The Morgan fingerprint density at radius 2 is 1.62 bits per heavy atom. The Kier molecular flexibility index (Phi) is 7.80. The number of carbonyl (C=O) groups excluding carboxylic acids is 1. The number of rotatable bonds is 7. The number of alkyl halides is 3. The molecular weight excluding hydrogens is 491 g/mol. The summed E-state index contributed by atoms with van der Waals surface area (Å²) in [6.45, 7) is 6.16. The number of esters is 1. The molecule has 2 N–H and O–H groups in total. The van der Waals surface area contributed by atoms with Gasteiger partial charge in [-0.25, -0.2) is 4.79 Å². The van der Waals surface area contributed by atoms with Crippen LogP contribution in [0.1, 0.15) is 53.4 Å². The molecule has 10 heteroatoms. The lowest BCUT2D eigenvalue weighted by atomic mass is 9.98. The van der Waals surface area contributed by atoms with Crippen LogP contribution in [0.5, 0.6) is 11.5 Å². The van der Waals surface area contributed by atoms with Gasteiger partial charge in [0.1, 0.15) is 29.3 Å². The van der Waals surface area contributed by atoms with Gasteiger partial charge in [0.2, 0.25) is 0 Å². The SMILES string of the molecule is Cc1c(CC(=O)O)cncc1-c1ccc(OCc2ccc(C(F)(F)F)c(O)c2C(=O)OC(C)(C)C)cc1. The van der Waals surface area contributed by atoms with Crippen LogP contribution in [0, 0.1) is 6.92 Å². The van der Waals surface area contributed by atoms with Gasteiger partial charge in [0, 0.05) is 23.5 Å². The molecule has 3 rings (SSSR count). The summed E-state index contributed by atoms with van der Waals surface area (Å²) in [5, 5.41) is 19.4. The van der Waals surface area contributed by atoms with Crippen LogP contribution in [0.2, 0.25) is 0 Å². The quantitative estimate of drug-likeness (QED) is 0.374. The Morgan fingerprint density at radius 3 is 2.19 bits per heavy atom. The fourth-order valence-electron chi connectivity index (χ4n) is 3.63. The summed E-state index contributed by atoms with van der Waals surface area (Å²) in [7, 11) is 0. The lowest BCUT2D eigenvalue weighted by molar-refractivity contribution is -0.139. The summed E-state index contributed by atoms with van der Waals surface area (Å²) in [5.41, 5.74) is -0.0913. The first-order valence-corrected chi connectivity index (χ1v) is 11.2. The van der Waals surface area contributed by atoms with E-state index in [1.807, 2.05) is 0 Å². The molecule has 1 aromatic heterocycles. The van der Waals surface area contributed by atoms with Gasteiger partial charge in [-0.1, -0.05) is 18.2 Å². The highest BCUT2D eigenvalue weighted by atomic mass is 19.4. The molecule has 1 heterocycles. The fraction of sp³-hybridized carbons (Fsp3) is 0.296. The maximum atomic E-state index is 13.3. The molecule has 0 spiro atoms. The third-order valence-electron chi connectivity index (χ3n) is 5.39. The van der Waals surface area contributed by atoms with E-state index >= 15 is 0 Å². The molecule has 0 atom stereocenters. The lowest BCUT2D eigenvalue weighted by Crippen LogP contribution is -2.25. The van der Waals surface area contributed by atoms with Crippen LogP contribution in [0.4, 0.5) is 13.2 Å². The van der Waals surface area contributed by atoms with E-state index in [1.165, 1.54) is 6.20 Å². The predicted molar refractivity (Wildman–Crippen MR) is 128 cm³/mol. The summed E-state index contributed by atoms with van der Waals surface area (Å²) in [6.07, 6.45) is -1.90. The highest BCUT2D eigenvalue weighted by Gasteiger charge is 2.37. The molecule has 0 saturated heterocycles. The number of carboxylic acid groups (broad SMARTS) is 1. The van der Waals surface area contributed by atoms with Crippen molar-refractivity contribution in [2.75, 3.05) is 0 Å². The van der Waals surface area contributed by atoms with Crippen molar-refractivity contribution in [1.82, 2.24) is 4.98 Å². The Hall–Kier alpha value is -4.08. The number of nitrogens with zero attached hydrogens (tertiary/aromatic N) is 1. The van der Waals surface area contributed by atoms with Crippen molar-refractivity contribution in [3.63, 3.8) is 0 Å². The zero-order valence-corrected chi connectivity index (χ0v) is 20.6. The largest absolute Gasteiger partial charge is 0.506 e. The number of pyridine rings is 1. The zero-order chi connectivity index (χ0) is 27.5. The van der Waals surface area contributed by atoms with Gasteiger partial charge in [0.25, 0.3) is 0 Å². The Labute approximate surface area is 211 Å². The van der Waals surface area contributed by atoms with E-state index in [2.05, 4.69) is 4.98 Å². The van der Waals surface area contributed by atoms with Crippen LogP contribution in [0.3, 0.4) is 0 Å². The van der Waals surface area contributed by atoms with Gasteiger partial charge in [-0.3, -0.25) is 9.78 Å². The smallest absolute Gasteiger partial charge is 0.419 e. The van der Waals surface area contributed by atoms with Crippen molar-refractivity contribution in [2.45, 2.75) is 52.5 Å². The number of aliphatic carboxylic acids is 1. The summed E-state index contributed by atoms with van der Waals surface area (Å²) < 4.78 is 50.9. The zero-order valence-electron chi connectivity index (χ0n) is 20.6. The summed E-state index contributed by atoms with van der Waals surface area (Å²) in [5.74, 6) is -2.94. The number of halogens is 3. The van der Waals surface area contributed by atoms with E-state index in [4.69, 9.17) is 14.6 Å². The fourth-order valence-corrected chi connectivity index (χ4v) is 3.63. The van der Waals surface area contributed by atoms with Gasteiger partial charge in [-0.2, -0.15) is 13.2 Å². The van der Waals surface area contributed by atoms with Crippen molar-refractivity contribution < 1.29 is 42.4 Å². The number of ether oxygens (including phenoxy) is 2. The van der Waals surface area contributed by atoms with E-state index in [9.17, 15) is 27.9 Å². The molecule has 0 aliphatic carbocycles. The van der Waals surface area contributed by atoms with Gasteiger partial charge in [0.15, 0.2) is 0 Å². The highest BCUT2D eigenvalue weighted by molar-refractivity contribution is 5.95. The normalized spacial score (nSPS) is 11.8. The van der Waals surface area contributed by atoms with Crippen molar-refractivity contribution >= 4 is 11.9 Å². The second-order valence-electron chi connectivity index (χ2n) is 9.35. The van der Waals surface area contributed by atoms with E-state index in [0.29, 0.717) is 17.4 Å². The Morgan fingerprint density at radius 1 is 0.973 bits per heavy atom. The van der Waals surface area contributed by atoms with Crippen LogP contribution < -0.4 is 4.74 Å². The number of carbonyl (C=O) groups is 2. The van der Waals surface area contributed by atoms with Gasteiger partial charge in [-0.05, 0) is 62.6 Å². The summed E-state index contributed by atoms with van der Waals surface area (Å²) in [4.78, 5) is 27.9. The molecule has 196 valence electrons. The van der Waals surface area contributed by atoms with E-state index in [1.54, 1.807) is 58.2 Å². The third-order valence-corrected chi connectivity index (χ3v) is 5.39. The summed E-state index contributed by atoms with van der Waals surface area (Å²) >= 11 is 0. The lowest BCUT2D eigenvalue weighted by Gasteiger charge is -2.22. The number of phenols is 1. The van der Waals surface area contributed by atoms with E-state index in [-0.39, 0.29) is 18.6 Å². The standard InChI is InChI=1S/C27H26F3NO6/c1-15-18(11-22(32)33)12-31-13-20(15)16-5-8-19(9-6-16)36-14-17-7-10-21(27(28,29)30)24(34)23(17)25(35)37-26(2,3)4/h5-10,12-13,34H,11,14H2,1-4H3,(H,32,33). The number of aromatic nitrogens is 1. The molecule has 0 unspecified atom stereocenters. The second-order valence-corrected chi connectivity index (χ2v) is 9.35. The molecule has 2 aromatic carbocycles. The molecule has 7 nitrogen and oxygen atoms in total. The topological polar surface area (TPSA) is 106 Å². The monoisotopic (exact) mass is 517 g/mol. The minimum absolute atomic E-state index is 0.0187. The average molecular weight is 518 g/mol. The molecule has 37 heavy (non-hydrogen) atoms. The molecule has 0 amide bonds. The van der Waals surface area contributed by atoms with Crippen LogP contribution in [-0.4, -0.2) is 32.7 Å². The minimum atomic E-state index is -4.87. The molecule has 3 aromatic rings. The first-order valence-electron chi connectivity index (χ1n) is 11.2. The minimum Gasteiger partial charge on any atom is -0.506 e. The van der Waals surface area contributed by atoms with Gasteiger partial charge >= 0.3 is 18.1 Å². The second kappa shape index (κ2) is 10.5. The molecule has 0 saturated carbocycles. The Bertz CT molecular complexity index is 1310. The molecule has 0 aliphatic heterocycles. The summed E-state index contributed by atoms with van der Waals surface area (Å²) in [6, 6.07) is 8.45. The van der Waals surface area contributed by atoms with Crippen LogP contribution in [0.15, 0.2) is 48.8 Å². The molecule has 0 aliphatic rings. The molecule has 0 radical (unpaired) electrons. The predicted octanol–water partition coefficient (Wildman–Crippen LogP) is 5.94. The van der Waals surface area contributed by atoms with Crippen molar-refractivity contribution in [1.29, 1.82) is 0 Å². The number of carboxylic acids is 1. The van der Waals surface area contributed by atoms with Crippen molar-refractivity contribution in [2.24, 2.45) is 0 Å². The van der Waals surface area contributed by atoms with Gasteiger partial charge in [0.05, 0.1) is 12.0 Å². The third kappa shape index (κ3) is 6.78. The number of phenolic OH excluding ortho intramolecular Hbond substituents is 1. The van der Waals surface area contributed by atoms with E-state index in [0.717, 1.165) is 22.8 Å². The maximum Gasteiger partial charge on any atom is 0.419 e. The van der Waals surface area contributed by atoms with Crippen LogP contribution in [-0.2, 0) is 28.7 Å². The maximum absolute atomic E-state index is 13.3. The van der Waals surface area contributed by atoms with Crippen LogP contribution >= 0.6 is 0 Å². The van der Waals surface area contributed by atoms with Crippen molar-refractivity contribution in [3.8, 4) is 22.6 Å². The first kappa shape index (κ1) is 27.5. The molecular formula is C27H26F3NO6. The van der Waals surface area contributed by atoms with Crippen LogP contribution in [0.25, 0.3) is 11.1 Å². The first-order chi connectivity index (χ1) is 17.2. The number of hydrogen-bond donors (Lipinski definition) is 2. The number of aromatic hydroxyl groups is 1.